The normalized spacial score (nSPS) is 16.9. The number of aliphatic imine (C=N–C) groups is 1. The molecule has 0 unspecified atom stereocenters. The van der Waals surface area contributed by atoms with E-state index >= 15 is 0 Å². The lowest BCUT2D eigenvalue weighted by atomic mass is 9.84. The third-order valence-electron chi connectivity index (χ3n) is 6.02. The van der Waals surface area contributed by atoms with Gasteiger partial charge in [-0.3, -0.25) is 4.99 Å². The summed E-state index contributed by atoms with van der Waals surface area (Å²) in [5.74, 6) is 0.946. The number of nitrogens with zero attached hydrogens (tertiary/aromatic N) is 1. The van der Waals surface area contributed by atoms with Gasteiger partial charge in [0.25, 0.3) is 0 Å². The number of hydrogen-bond acceptors (Lipinski definition) is 2. The molecule has 0 heterocycles. The second-order valence-electron chi connectivity index (χ2n) is 9.31. The lowest BCUT2D eigenvalue weighted by Gasteiger charge is -2.22. The average molecular weight is 378 g/mol. The van der Waals surface area contributed by atoms with Gasteiger partial charge >= 0.3 is 0 Å². The summed E-state index contributed by atoms with van der Waals surface area (Å²) in [6.07, 6.45) is 11.1. The van der Waals surface area contributed by atoms with Crippen LogP contribution in [0.4, 0.5) is 5.69 Å². The van der Waals surface area contributed by atoms with E-state index < -0.39 is 0 Å². The summed E-state index contributed by atoms with van der Waals surface area (Å²) in [5.41, 5.74) is 5.34. The third-order valence-corrected chi connectivity index (χ3v) is 6.02. The molecule has 1 fully saturated rings. The molecular formula is C26H35NO. The molecule has 28 heavy (non-hydrogen) atoms. The van der Waals surface area contributed by atoms with Crippen LogP contribution in [0.15, 0.2) is 41.4 Å². The van der Waals surface area contributed by atoms with Gasteiger partial charge in [0.2, 0.25) is 0 Å². The van der Waals surface area contributed by atoms with Crippen molar-refractivity contribution in [1.82, 2.24) is 0 Å². The van der Waals surface area contributed by atoms with Crippen molar-refractivity contribution < 1.29 is 5.11 Å². The molecule has 2 heteroatoms. The molecule has 0 amide bonds. The number of aryl methyl sites for hydroxylation is 1. The molecule has 0 atom stereocenters. The van der Waals surface area contributed by atoms with E-state index in [-0.39, 0.29) is 5.41 Å². The molecule has 2 nitrogen and oxygen atoms in total. The van der Waals surface area contributed by atoms with E-state index in [1.54, 1.807) is 0 Å². The monoisotopic (exact) mass is 377 g/mol. The van der Waals surface area contributed by atoms with Crippen LogP contribution in [0.2, 0.25) is 0 Å². The Bertz CT molecular complexity index is 821. The van der Waals surface area contributed by atoms with Gasteiger partial charge in [-0.1, -0.05) is 83.2 Å². The zero-order valence-corrected chi connectivity index (χ0v) is 18.0. The van der Waals surface area contributed by atoms with Gasteiger partial charge in [-0.25, -0.2) is 0 Å². The van der Waals surface area contributed by atoms with Crippen molar-refractivity contribution in [2.75, 3.05) is 0 Å². The summed E-state index contributed by atoms with van der Waals surface area (Å²) in [6, 6.07) is 12.5. The predicted octanol–water partition coefficient (Wildman–Crippen LogP) is 7.58. The van der Waals surface area contributed by atoms with Crippen molar-refractivity contribution in [2.45, 2.75) is 84.0 Å². The lowest BCUT2D eigenvalue weighted by molar-refractivity contribution is 0.446. The summed E-state index contributed by atoms with van der Waals surface area (Å²) in [4.78, 5) is 4.90. The molecule has 1 aliphatic carbocycles. The molecule has 0 radical (unpaired) electrons. The third kappa shape index (κ3) is 4.84. The summed E-state index contributed by atoms with van der Waals surface area (Å²) < 4.78 is 0. The first-order valence-corrected chi connectivity index (χ1v) is 10.8. The van der Waals surface area contributed by atoms with Gasteiger partial charge < -0.3 is 5.11 Å². The first kappa shape index (κ1) is 20.6. The van der Waals surface area contributed by atoms with E-state index in [4.69, 9.17) is 4.99 Å². The number of aromatic hydroxyl groups is 1. The zero-order chi connectivity index (χ0) is 20.1. The van der Waals surface area contributed by atoms with Crippen molar-refractivity contribution in [1.29, 1.82) is 0 Å². The molecule has 150 valence electrons. The Morgan fingerprint density at radius 2 is 1.57 bits per heavy atom. The number of phenolic OH excluding ortho intramolecular Hbond substituents is 1. The van der Waals surface area contributed by atoms with Crippen molar-refractivity contribution in [2.24, 2.45) is 4.99 Å². The lowest BCUT2D eigenvalue weighted by Crippen LogP contribution is -2.11. The molecule has 0 bridgehead atoms. The van der Waals surface area contributed by atoms with E-state index in [1.165, 1.54) is 56.1 Å². The fourth-order valence-electron chi connectivity index (χ4n) is 4.36. The van der Waals surface area contributed by atoms with Gasteiger partial charge in [0.05, 0.1) is 5.69 Å². The standard InChI is InChI=1S/C26H35NO/c1-19-12-10-16-22(20-13-8-6-5-7-9-14-20)24(19)27-18-21-15-11-17-23(25(21)28)26(2,3)4/h10-12,15-18,20,28H,5-9,13-14H2,1-4H3. The minimum Gasteiger partial charge on any atom is -0.507 e. The maximum Gasteiger partial charge on any atom is 0.128 e. The summed E-state index contributed by atoms with van der Waals surface area (Å²) >= 11 is 0. The Labute approximate surface area is 170 Å². The topological polar surface area (TPSA) is 32.6 Å². The first-order valence-electron chi connectivity index (χ1n) is 10.8. The highest BCUT2D eigenvalue weighted by Gasteiger charge is 2.20. The molecule has 3 rings (SSSR count). The smallest absolute Gasteiger partial charge is 0.128 e. The highest BCUT2D eigenvalue weighted by Crippen LogP contribution is 2.38. The number of phenols is 1. The molecule has 0 aliphatic heterocycles. The summed E-state index contributed by atoms with van der Waals surface area (Å²) in [6.45, 7) is 8.51. The molecule has 2 aromatic carbocycles. The Kier molecular flexibility index (Phi) is 6.59. The van der Waals surface area contributed by atoms with Crippen LogP contribution in [0.1, 0.15) is 93.9 Å². The Hall–Kier alpha value is -2.09. The number of rotatable bonds is 3. The first-order chi connectivity index (χ1) is 13.4. The van der Waals surface area contributed by atoms with Crippen LogP contribution < -0.4 is 0 Å². The quantitative estimate of drug-likeness (QED) is 0.549. The van der Waals surface area contributed by atoms with Gasteiger partial charge in [0, 0.05) is 11.8 Å². The Balaban J connectivity index is 1.94. The van der Waals surface area contributed by atoms with E-state index in [1.807, 2.05) is 24.4 Å². The minimum atomic E-state index is -0.0966. The van der Waals surface area contributed by atoms with Crippen molar-refractivity contribution >= 4 is 11.9 Å². The molecule has 1 saturated carbocycles. The van der Waals surface area contributed by atoms with Crippen molar-refractivity contribution in [3.8, 4) is 5.75 Å². The van der Waals surface area contributed by atoms with Gasteiger partial charge in [0.1, 0.15) is 5.75 Å². The van der Waals surface area contributed by atoms with Crippen molar-refractivity contribution in [3.63, 3.8) is 0 Å². The Morgan fingerprint density at radius 3 is 2.25 bits per heavy atom. The van der Waals surface area contributed by atoms with Gasteiger partial charge in [-0.2, -0.15) is 0 Å². The van der Waals surface area contributed by atoms with Crippen LogP contribution in [-0.4, -0.2) is 11.3 Å². The number of hydrogen-bond donors (Lipinski definition) is 1. The minimum absolute atomic E-state index is 0.0966. The van der Waals surface area contributed by atoms with Crippen LogP contribution in [0.25, 0.3) is 0 Å². The van der Waals surface area contributed by atoms with E-state index in [0.29, 0.717) is 11.7 Å². The Morgan fingerprint density at radius 1 is 0.929 bits per heavy atom. The van der Waals surface area contributed by atoms with Crippen LogP contribution in [0.5, 0.6) is 5.75 Å². The zero-order valence-electron chi connectivity index (χ0n) is 18.0. The highest BCUT2D eigenvalue weighted by atomic mass is 16.3. The van der Waals surface area contributed by atoms with E-state index in [2.05, 4.69) is 45.9 Å². The maximum absolute atomic E-state index is 10.8. The molecule has 0 spiro atoms. The average Bonchev–Trinajstić information content (AvgIpc) is 2.60. The van der Waals surface area contributed by atoms with Gasteiger partial charge in [0.15, 0.2) is 0 Å². The van der Waals surface area contributed by atoms with Crippen LogP contribution in [0, 0.1) is 6.92 Å². The molecular weight excluding hydrogens is 342 g/mol. The number of para-hydroxylation sites is 2. The second-order valence-corrected chi connectivity index (χ2v) is 9.31. The number of benzene rings is 2. The van der Waals surface area contributed by atoms with Crippen LogP contribution in [0.3, 0.4) is 0 Å². The largest absolute Gasteiger partial charge is 0.507 e. The fourth-order valence-corrected chi connectivity index (χ4v) is 4.36. The van der Waals surface area contributed by atoms with Crippen molar-refractivity contribution in [3.05, 3.63) is 58.7 Å². The van der Waals surface area contributed by atoms with E-state index in [9.17, 15) is 5.11 Å². The van der Waals surface area contributed by atoms with Crippen LogP contribution >= 0.6 is 0 Å². The summed E-state index contributed by atoms with van der Waals surface area (Å²) in [7, 11) is 0. The SMILES string of the molecule is Cc1cccc(C2CCCCCCC2)c1N=Cc1cccc(C(C)(C)C)c1O. The molecule has 0 saturated heterocycles. The maximum atomic E-state index is 10.8. The molecule has 1 aliphatic rings. The molecule has 2 aromatic rings. The van der Waals surface area contributed by atoms with Crippen LogP contribution in [-0.2, 0) is 5.41 Å². The predicted molar refractivity (Wildman–Crippen MR) is 120 cm³/mol. The van der Waals surface area contributed by atoms with Gasteiger partial charge in [-0.05, 0) is 53.9 Å². The van der Waals surface area contributed by atoms with E-state index in [0.717, 1.165) is 16.8 Å². The summed E-state index contributed by atoms with van der Waals surface area (Å²) in [5, 5.41) is 10.8. The highest BCUT2D eigenvalue weighted by molar-refractivity contribution is 5.86. The molecule has 0 aromatic heterocycles. The van der Waals surface area contributed by atoms with Gasteiger partial charge in [-0.15, -0.1) is 0 Å². The fraction of sp³-hybridized carbons (Fsp3) is 0.500. The molecule has 1 N–H and O–H groups in total. The second kappa shape index (κ2) is 8.94.